The maximum atomic E-state index is 8.64. The van der Waals surface area contributed by atoms with Crippen molar-refractivity contribution in [1.29, 1.82) is 0 Å². The fraction of sp³-hybridized carbons (Fsp3) is 0.231. The second-order valence-electron chi connectivity index (χ2n) is 4.44. The summed E-state index contributed by atoms with van der Waals surface area (Å²) in [5.74, 6) is 0.0503. The molecule has 1 aromatic carbocycles. The second-order valence-corrected chi connectivity index (χ2v) is 5.57. The Morgan fingerprint density at radius 1 is 1.50 bits per heavy atom. The molecule has 2 aromatic rings. The van der Waals surface area contributed by atoms with Crippen LogP contribution < -0.4 is 5.73 Å². The highest BCUT2D eigenvalue weighted by atomic mass is 35.5. The number of aromatic nitrogens is 1. The van der Waals surface area contributed by atoms with Gasteiger partial charge in [-0.2, -0.15) is 0 Å². The van der Waals surface area contributed by atoms with Crippen LogP contribution in [0.2, 0.25) is 5.02 Å². The van der Waals surface area contributed by atoms with E-state index in [-0.39, 0.29) is 5.84 Å². The number of amidine groups is 1. The third-order valence-electron chi connectivity index (χ3n) is 2.81. The number of rotatable bonds is 5. The van der Waals surface area contributed by atoms with E-state index in [2.05, 4.69) is 15.0 Å². The van der Waals surface area contributed by atoms with Crippen LogP contribution in [0, 0.1) is 0 Å². The van der Waals surface area contributed by atoms with Crippen LogP contribution in [-0.4, -0.2) is 28.0 Å². The Labute approximate surface area is 126 Å². The molecule has 0 fully saturated rings. The Hall–Kier alpha value is -1.63. The van der Waals surface area contributed by atoms with Gasteiger partial charge in [0.15, 0.2) is 5.84 Å². The van der Waals surface area contributed by atoms with Gasteiger partial charge in [0.25, 0.3) is 0 Å². The lowest BCUT2D eigenvalue weighted by molar-refractivity contribution is 0.315. The summed E-state index contributed by atoms with van der Waals surface area (Å²) in [6.45, 7) is 1.47. The van der Waals surface area contributed by atoms with E-state index in [4.69, 9.17) is 22.5 Å². The third-order valence-corrected chi connectivity index (χ3v) is 3.80. The van der Waals surface area contributed by atoms with Crippen molar-refractivity contribution in [1.82, 2.24) is 9.88 Å². The largest absolute Gasteiger partial charge is 0.409 e. The highest BCUT2D eigenvalue weighted by Crippen LogP contribution is 2.20. The molecule has 0 aliphatic rings. The first-order valence-corrected chi connectivity index (χ1v) is 7.24. The van der Waals surface area contributed by atoms with Crippen molar-refractivity contribution in [2.75, 3.05) is 7.05 Å². The van der Waals surface area contributed by atoms with Crippen LogP contribution in [0.1, 0.15) is 16.8 Å². The number of halogens is 1. The Balaban J connectivity index is 2.06. The second kappa shape index (κ2) is 6.69. The molecule has 1 aromatic heterocycles. The molecule has 20 heavy (non-hydrogen) atoms. The maximum Gasteiger partial charge on any atom is 0.170 e. The highest BCUT2D eigenvalue weighted by molar-refractivity contribution is 7.07. The highest BCUT2D eigenvalue weighted by Gasteiger charge is 2.08. The fourth-order valence-electron chi connectivity index (χ4n) is 1.83. The molecule has 2 rings (SSSR count). The molecule has 5 nitrogen and oxygen atoms in total. The average molecular weight is 311 g/mol. The number of benzene rings is 1. The summed E-state index contributed by atoms with van der Waals surface area (Å²) in [7, 11) is 2.01. The average Bonchev–Trinajstić information content (AvgIpc) is 2.93. The normalized spacial score (nSPS) is 12.1. The monoisotopic (exact) mass is 310 g/mol. The topological polar surface area (TPSA) is 74.7 Å². The van der Waals surface area contributed by atoms with Gasteiger partial charge in [-0.3, -0.25) is 4.90 Å². The van der Waals surface area contributed by atoms with Crippen molar-refractivity contribution >= 4 is 28.8 Å². The van der Waals surface area contributed by atoms with Gasteiger partial charge in [-0.25, -0.2) is 4.98 Å². The van der Waals surface area contributed by atoms with Crippen molar-refractivity contribution in [3.05, 3.63) is 50.9 Å². The lowest BCUT2D eigenvalue weighted by Crippen LogP contribution is -2.18. The van der Waals surface area contributed by atoms with Crippen LogP contribution in [0.25, 0.3) is 0 Å². The van der Waals surface area contributed by atoms with Gasteiger partial charge in [-0.05, 0) is 18.7 Å². The number of nitrogens with zero attached hydrogens (tertiary/aromatic N) is 3. The van der Waals surface area contributed by atoms with E-state index >= 15 is 0 Å². The van der Waals surface area contributed by atoms with Crippen LogP contribution in [0.5, 0.6) is 0 Å². The predicted octanol–water partition coefficient (Wildman–Crippen LogP) is 2.52. The summed E-state index contributed by atoms with van der Waals surface area (Å²) in [5.41, 5.74) is 9.98. The molecule has 1 heterocycles. The summed E-state index contributed by atoms with van der Waals surface area (Å²) < 4.78 is 0. The van der Waals surface area contributed by atoms with Gasteiger partial charge in [0, 0.05) is 29.1 Å². The fourth-order valence-corrected chi connectivity index (χ4v) is 2.62. The smallest absolute Gasteiger partial charge is 0.170 e. The summed E-state index contributed by atoms with van der Waals surface area (Å²) in [4.78, 5) is 6.38. The Morgan fingerprint density at radius 2 is 2.30 bits per heavy atom. The van der Waals surface area contributed by atoms with Gasteiger partial charge in [-0.15, -0.1) is 11.3 Å². The lowest BCUT2D eigenvalue weighted by atomic mass is 10.1. The van der Waals surface area contributed by atoms with E-state index in [0.717, 1.165) is 17.8 Å². The van der Waals surface area contributed by atoms with Crippen molar-refractivity contribution in [2.45, 2.75) is 13.1 Å². The van der Waals surface area contributed by atoms with Gasteiger partial charge >= 0.3 is 0 Å². The Bertz CT molecular complexity index is 600. The molecule has 0 aliphatic heterocycles. The zero-order valence-corrected chi connectivity index (χ0v) is 12.5. The van der Waals surface area contributed by atoms with E-state index in [1.807, 2.05) is 24.0 Å². The molecule has 0 bridgehead atoms. The maximum absolute atomic E-state index is 8.64. The zero-order valence-electron chi connectivity index (χ0n) is 11.0. The minimum Gasteiger partial charge on any atom is -0.409 e. The third kappa shape index (κ3) is 3.69. The van der Waals surface area contributed by atoms with Crippen LogP contribution in [-0.2, 0) is 13.1 Å². The van der Waals surface area contributed by atoms with Gasteiger partial charge in [0.1, 0.15) is 0 Å². The summed E-state index contributed by atoms with van der Waals surface area (Å²) in [5, 5.41) is 14.2. The molecule has 0 saturated carbocycles. The molecule has 3 N–H and O–H groups in total. The SMILES string of the molecule is CN(Cc1cscn1)Cc1ccc(/C(N)=N/O)cc1Cl. The van der Waals surface area contributed by atoms with Gasteiger partial charge in [0.2, 0.25) is 0 Å². The Morgan fingerprint density at radius 3 is 2.90 bits per heavy atom. The first-order chi connectivity index (χ1) is 9.60. The molecule has 0 atom stereocenters. The van der Waals surface area contributed by atoms with Crippen LogP contribution in [0.4, 0.5) is 0 Å². The number of nitrogens with two attached hydrogens (primary N) is 1. The van der Waals surface area contributed by atoms with E-state index in [0.29, 0.717) is 17.1 Å². The summed E-state index contributed by atoms with van der Waals surface area (Å²) in [6.07, 6.45) is 0. The molecule has 0 aliphatic carbocycles. The van der Waals surface area contributed by atoms with E-state index in [1.54, 1.807) is 23.5 Å². The number of hydrogen-bond acceptors (Lipinski definition) is 5. The molecule has 0 radical (unpaired) electrons. The van der Waals surface area contributed by atoms with Crippen LogP contribution in [0.3, 0.4) is 0 Å². The molecule has 7 heteroatoms. The van der Waals surface area contributed by atoms with Crippen LogP contribution in [0.15, 0.2) is 34.2 Å². The van der Waals surface area contributed by atoms with Crippen LogP contribution >= 0.6 is 22.9 Å². The molecule has 0 unspecified atom stereocenters. The van der Waals surface area contributed by atoms with Crippen molar-refractivity contribution < 1.29 is 5.21 Å². The standard InChI is InChI=1S/C13H15ClN4OS/c1-18(6-11-7-20-8-16-11)5-10-3-2-9(4-12(10)14)13(15)17-19/h2-4,7-8,19H,5-6H2,1H3,(H2,15,17). The minimum absolute atomic E-state index is 0.0503. The Kier molecular flexibility index (Phi) is 4.94. The predicted molar refractivity (Wildman–Crippen MR) is 81.2 cm³/mol. The van der Waals surface area contributed by atoms with Crippen molar-refractivity contribution in [3.8, 4) is 0 Å². The van der Waals surface area contributed by atoms with Crippen molar-refractivity contribution in [3.63, 3.8) is 0 Å². The molecular weight excluding hydrogens is 296 g/mol. The summed E-state index contributed by atoms with van der Waals surface area (Å²) in [6, 6.07) is 5.36. The number of thiazole rings is 1. The van der Waals surface area contributed by atoms with Gasteiger partial charge in [0.05, 0.1) is 11.2 Å². The summed E-state index contributed by atoms with van der Waals surface area (Å²) >= 11 is 7.81. The quantitative estimate of drug-likeness (QED) is 0.385. The van der Waals surface area contributed by atoms with E-state index < -0.39 is 0 Å². The molecule has 106 valence electrons. The van der Waals surface area contributed by atoms with E-state index in [9.17, 15) is 0 Å². The first-order valence-electron chi connectivity index (χ1n) is 5.92. The van der Waals surface area contributed by atoms with Crippen molar-refractivity contribution in [2.24, 2.45) is 10.9 Å². The molecule has 0 spiro atoms. The number of hydrogen-bond donors (Lipinski definition) is 2. The molecular formula is C13H15ClN4OS. The van der Waals surface area contributed by atoms with Gasteiger partial charge in [-0.1, -0.05) is 28.9 Å². The van der Waals surface area contributed by atoms with Gasteiger partial charge < -0.3 is 10.9 Å². The number of oxime groups is 1. The molecule has 0 saturated heterocycles. The zero-order chi connectivity index (χ0) is 14.5. The van der Waals surface area contributed by atoms with E-state index in [1.165, 1.54) is 0 Å². The first kappa shape index (κ1) is 14.8. The lowest BCUT2D eigenvalue weighted by Gasteiger charge is -2.16. The molecule has 0 amide bonds. The minimum atomic E-state index is 0.0503.